The van der Waals surface area contributed by atoms with E-state index in [1.54, 1.807) is 0 Å². The molecule has 20 heavy (non-hydrogen) atoms. The second kappa shape index (κ2) is 6.28. The summed E-state index contributed by atoms with van der Waals surface area (Å²) < 4.78 is 0. The second-order valence-corrected chi connectivity index (χ2v) is 6.82. The van der Waals surface area contributed by atoms with E-state index < -0.39 is 0 Å². The molecule has 0 bridgehead atoms. The molecule has 0 aliphatic carbocycles. The van der Waals surface area contributed by atoms with Gasteiger partial charge in [-0.1, -0.05) is 31.0 Å². The molecule has 2 rings (SSSR count). The Hall–Kier alpha value is -0.860. The molecule has 1 unspecified atom stereocenters. The molecule has 0 saturated carbocycles. The molecule has 1 fully saturated rings. The van der Waals surface area contributed by atoms with Crippen LogP contribution in [-0.4, -0.2) is 23.5 Å². The monoisotopic (exact) mass is 274 g/mol. The van der Waals surface area contributed by atoms with E-state index in [0.29, 0.717) is 0 Å². The van der Waals surface area contributed by atoms with Crippen LogP contribution in [0.4, 0.5) is 0 Å². The average molecular weight is 274 g/mol. The molecule has 2 heteroatoms. The number of benzene rings is 1. The molecule has 1 aromatic carbocycles. The van der Waals surface area contributed by atoms with Gasteiger partial charge in [-0.05, 0) is 70.3 Å². The van der Waals surface area contributed by atoms with Gasteiger partial charge < -0.3 is 5.73 Å². The predicted molar refractivity (Wildman–Crippen MR) is 87.0 cm³/mol. The zero-order valence-corrected chi connectivity index (χ0v) is 13.6. The third kappa shape index (κ3) is 3.07. The first kappa shape index (κ1) is 15.5. The molecule has 2 nitrogen and oxygen atoms in total. The van der Waals surface area contributed by atoms with Gasteiger partial charge in [-0.15, -0.1) is 0 Å². The summed E-state index contributed by atoms with van der Waals surface area (Å²) in [6.07, 6.45) is 5.35. The lowest BCUT2D eigenvalue weighted by Gasteiger charge is -2.43. The molecule has 1 aromatic rings. The average Bonchev–Trinajstić information content (AvgIpc) is 2.70. The quantitative estimate of drug-likeness (QED) is 0.904. The fourth-order valence-electron chi connectivity index (χ4n) is 3.33. The Kier molecular flexibility index (Phi) is 4.87. The summed E-state index contributed by atoms with van der Waals surface area (Å²) in [5.41, 5.74) is 10.7. The Morgan fingerprint density at radius 3 is 2.25 bits per heavy atom. The Morgan fingerprint density at radius 1 is 1.05 bits per heavy atom. The van der Waals surface area contributed by atoms with Crippen LogP contribution in [0.1, 0.15) is 62.3 Å². The third-order valence-electron chi connectivity index (χ3n) is 5.16. The zero-order valence-electron chi connectivity index (χ0n) is 13.6. The molecule has 112 valence electrons. The summed E-state index contributed by atoms with van der Waals surface area (Å²) in [6, 6.07) is 6.58. The van der Waals surface area contributed by atoms with E-state index in [2.05, 4.69) is 50.8 Å². The topological polar surface area (TPSA) is 29.3 Å². The number of rotatable bonds is 3. The lowest BCUT2D eigenvalue weighted by molar-refractivity contribution is 0.0978. The number of aryl methyl sites for hydroxylation is 1. The van der Waals surface area contributed by atoms with Crippen molar-refractivity contribution in [2.75, 3.05) is 13.1 Å². The normalized spacial score (nSPS) is 19.6. The summed E-state index contributed by atoms with van der Waals surface area (Å²) in [5, 5.41) is 0. The van der Waals surface area contributed by atoms with Crippen molar-refractivity contribution in [3.05, 3.63) is 34.9 Å². The molecule has 0 aromatic heterocycles. The van der Waals surface area contributed by atoms with E-state index in [0.717, 1.165) is 0 Å². The van der Waals surface area contributed by atoms with Crippen molar-refractivity contribution in [3.63, 3.8) is 0 Å². The lowest BCUT2D eigenvalue weighted by atomic mass is 9.84. The highest BCUT2D eigenvalue weighted by Gasteiger charge is 2.34. The first-order chi connectivity index (χ1) is 9.44. The Bertz CT molecular complexity index is 443. The largest absolute Gasteiger partial charge is 0.322 e. The van der Waals surface area contributed by atoms with Crippen molar-refractivity contribution in [1.82, 2.24) is 4.90 Å². The maximum Gasteiger partial charge on any atom is 0.0479 e. The van der Waals surface area contributed by atoms with Gasteiger partial charge in [-0.2, -0.15) is 0 Å². The van der Waals surface area contributed by atoms with Crippen LogP contribution < -0.4 is 5.73 Å². The van der Waals surface area contributed by atoms with Gasteiger partial charge in [0, 0.05) is 11.6 Å². The molecule has 0 amide bonds. The summed E-state index contributed by atoms with van der Waals surface area (Å²) in [6.45, 7) is 11.4. The van der Waals surface area contributed by atoms with Crippen molar-refractivity contribution in [2.24, 2.45) is 5.73 Å². The first-order valence-corrected chi connectivity index (χ1v) is 8.01. The van der Waals surface area contributed by atoms with Crippen molar-refractivity contribution in [3.8, 4) is 0 Å². The fraction of sp³-hybridized carbons (Fsp3) is 0.667. The lowest BCUT2D eigenvalue weighted by Crippen LogP contribution is -2.51. The molecule has 1 heterocycles. The highest BCUT2D eigenvalue weighted by atomic mass is 15.2. The van der Waals surface area contributed by atoms with Crippen molar-refractivity contribution < 1.29 is 0 Å². The maximum atomic E-state index is 6.68. The van der Waals surface area contributed by atoms with Crippen molar-refractivity contribution in [2.45, 2.75) is 65.0 Å². The van der Waals surface area contributed by atoms with Crippen LogP contribution >= 0.6 is 0 Å². The van der Waals surface area contributed by atoms with Crippen molar-refractivity contribution >= 4 is 0 Å². The molecule has 2 N–H and O–H groups in total. The zero-order chi connectivity index (χ0) is 14.8. The molecular weight excluding hydrogens is 244 g/mol. The van der Waals surface area contributed by atoms with Gasteiger partial charge in [0.2, 0.25) is 0 Å². The standard InChI is InChI=1S/C18H30N2/c1-14-10-9-11-16(15(14)2)17(19)18(3,4)20-12-7-5-6-8-13-20/h9-11,17H,5-8,12-13,19H2,1-4H3. The van der Waals surface area contributed by atoms with Gasteiger partial charge in [0.15, 0.2) is 0 Å². The van der Waals surface area contributed by atoms with E-state index >= 15 is 0 Å². The fourth-order valence-corrected chi connectivity index (χ4v) is 3.33. The number of hydrogen-bond donors (Lipinski definition) is 1. The number of likely N-dealkylation sites (tertiary alicyclic amines) is 1. The van der Waals surface area contributed by atoms with E-state index in [4.69, 9.17) is 5.73 Å². The Labute approximate surface area is 124 Å². The number of hydrogen-bond acceptors (Lipinski definition) is 2. The van der Waals surface area contributed by atoms with Gasteiger partial charge in [-0.25, -0.2) is 0 Å². The maximum absolute atomic E-state index is 6.68. The van der Waals surface area contributed by atoms with Gasteiger partial charge >= 0.3 is 0 Å². The number of nitrogens with zero attached hydrogens (tertiary/aromatic N) is 1. The summed E-state index contributed by atoms with van der Waals surface area (Å²) in [5.74, 6) is 0. The molecular formula is C18H30N2. The van der Waals surface area contributed by atoms with Crippen LogP contribution in [0.3, 0.4) is 0 Å². The van der Waals surface area contributed by atoms with Crippen LogP contribution in [0, 0.1) is 13.8 Å². The van der Waals surface area contributed by atoms with E-state index in [9.17, 15) is 0 Å². The molecule has 1 aliphatic rings. The Morgan fingerprint density at radius 2 is 1.65 bits per heavy atom. The molecule has 0 spiro atoms. The molecule has 0 radical (unpaired) electrons. The predicted octanol–water partition coefficient (Wildman–Crippen LogP) is 3.96. The minimum atomic E-state index is 0.0168. The van der Waals surface area contributed by atoms with Gasteiger partial charge in [0.05, 0.1) is 0 Å². The van der Waals surface area contributed by atoms with Crippen LogP contribution in [0.5, 0.6) is 0 Å². The highest BCUT2D eigenvalue weighted by Crippen LogP contribution is 2.33. The minimum absolute atomic E-state index is 0.0168. The van der Waals surface area contributed by atoms with Crippen LogP contribution in [0.2, 0.25) is 0 Å². The van der Waals surface area contributed by atoms with Crippen LogP contribution in [0.25, 0.3) is 0 Å². The molecule has 1 saturated heterocycles. The molecule has 1 atom stereocenters. The van der Waals surface area contributed by atoms with Crippen LogP contribution in [0.15, 0.2) is 18.2 Å². The molecule has 1 aliphatic heterocycles. The summed E-state index contributed by atoms with van der Waals surface area (Å²) in [7, 11) is 0. The SMILES string of the molecule is Cc1cccc(C(N)C(C)(C)N2CCCCCC2)c1C. The highest BCUT2D eigenvalue weighted by molar-refractivity contribution is 5.36. The van der Waals surface area contributed by atoms with Crippen LogP contribution in [-0.2, 0) is 0 Å². The van der Waals surface area contributed by atoms with Gasteiger partial charge in [0.25, 0.3) is 0 Å². The summed E-state index contributed by atoms with van der Waals surface area (Å²) >= 11 is 0. The van der Waals surface area contributed by atoms with E-state index in [1.165, 1.54) is 55.5 Å². The second-order valence-electron chi connectivity index (χ2n) is 6.82. The Balaban J connectivity index is 2.25. The van der Waals surface area contributed by atoms with E-state index in [-0.39, 0.29) is 11.6 Å². The van der Waals surface area contributed by atoms with E-state index in [1.807, 2.05) is 0 Å². The number of nitrogens with two attached hydrogens (primary N) is 1. The minimum Gasteiger partial charge on any atom is -0.322 e. The van der Waals surface area contributed by atoms with Gasteiger partial charge in [0.1, 0.15) is 0 Å². The third-order valence-corrected chi connectivity index (χ3v) is 5.16. The van der Waals surface area contributed by atoms with Crippen molar-refractivity contribution in [1.29, 1.82) is 0 Å². The smallest absolute Gasteiger partial charge is 0.0479 e. The first-order valence-electron chi connectivity index (χ1n) is 8.01. The van der Waals surface area contributed by atoms with Gasteiger partial charge in [-0.3, -0.25) is 4.90 Å². The summed E-state index contributed by atoms with van der Waals surface area (Å²) in [4.78, 5) is 2.60.